The zero-order chi connectivity index (χ0) is 19.3. The minimum Gasteiger partial charge on any atom is -0.342 e. The number of hydrogen-bond acceptors (Lipinski definition) is 5. The first-order valence-electron chi connectivity index (χ1n) is 9.68. The van der Waals surface area contributed by atoms with Crippen LogP contribution in [0.1, 0.15) is 53.8 Å². The second-order valence-electron chi connectivity index (χ2n) is 7.35. The first kappa shape index (κ1) is 18.4. The highest BCUT2D eigenvalue weighted by molar-refractivity contribution is 5.92. The number of hydrogen-bond donors (Lipinski definition) is 2. The average Bonchev–Trinajstić information content (AvgIpc) is 3.41. The SMILES string of the molecule is NC1CCC(n2cc(C(=O)N[C@@H](Cn3ccnc3)c3ccccc3)nn2)CC1. The van der Waals surface area contributed by atoms with Crippen LogP contribution in [-0.2, 0) is 6.54 Å². The van der Waals surface area contributed by atoms with Gasteiger partial charge in [-0.2, -0.15) is 0 Å². The van der Waals surface area contributed by atoms with Crippen molar-refractivity contribution in [3.63, 3.8) is 0 Å². The molecular weight excluding hydrogens is 354 g/mol. The number of rotatable bonds is 6. The molecule has 0 radical (unpaired) electrons. The molecule has 1 saturated carbocycles. The second-order valence-corrected chi connectivity index (χ2v) is 7.35. The summed E-state index contributed by atoms with van der Waals surface area (Å²) in [6, 6.07) is 10.2. The molecule has 1 fully saturated rings. The highest BCUT2D eigenvalue weighted by atomic mass is 16.2. The van der Waals surface area contributed by atoms with Crippen molar-refractivity contribution in [2.75, 3.05) is 0 Å². The number of carbonyl (C=O) groups is 1. The molecule has 3 aromatic rings. The molecule has 1 aromatic carbocycles. The second kappa shape index (κ2) is 8.35. The van der Waals surface area contributed by atoms with Crippen molar-refractivity contribution in [2.45, 2.75) is 50.4 Å². The molecule has 0 bridgehead atoms. The topological polar surface area (TPSA) is 104 Å². The number of imidazole rings is 1. The maximum atomic E-state index is 12.8. The summed E-state index contributed by atoms with van der Waals surface area (Å²) in [7, 11) is 0. The molecule has 2 heterocycles. The molecule has 0 saturated heterocycles. The summed E-state index contributed by atoms with van der Waals surface area (Å²) in [6.45, 7) is 0.588. The van der Waals surface area contributed by atoms with Gasteiger partial charge in [0, 0.05) is 25.0 Å². The summed E-state index contributed by atoms with van der Waals surface area (Å²) >= 11 is 0. The number of amides is 1. The maximum absolute atomic E-state index is 12.8. The Morgan fingerprint density at radius 2 is 2.00 bits per heavy atom. The van der Waals surface area contributed by atoms with Gasteiger partial charge in [-0.3, -0.25) is 4.79 Å². The van der Waals surface area contributed by atoms with E-state index in [1.807, 2.05) is 45.8 Å². The lowest BCUT2D eigenvalue weighted by Gasteiger charge is -2.25. The Balaban J connectivity index is 1.47. The normalized spacial score (nSPS) is 20.6. The Morgan fingerprint density at radius 3 is 2.71 bits per heavy atom. The summed E-state index contributed by atoms with van der Waals surface area (Å²) in [5, 5.41) is 11.4. The van der Waals surface area contributed by atoms with Crippen LogP contribution in [0, 0.1) is 0 Å². The summed E-state index contributed by atoms with van der Waals surface area (Å²) < 4.78 is 3.76. The molecule has 8 nitrogen and oxygen atoms in total. The number of nitrogens with zero attached hydrogens (tertiary/aromatic N) is 5. The van der Waals surface area contributed by atoms with Crippen molar-refractivity contribution in [1.29, 1.82) is 0 Å². The van der Waals surface area contributed by atoms with E-state index in [0.29, 0.717) is 12.2 Å². The van der Waals surface area contributed by atoms with Crippen molar-refractivity contribution in [3.05, 3.63) is 66.5 Å². The Bertz CT molecular complexity index is 882. The molecule has 8 heteroatoms. The Morgan fingerprint density at radius 1 is 1.21 bits per heavy atom. The van der Waals surface area contributed by atoms with Gasteiger partial charge in [-0.25, -0.2) is 9.67 Å². The molecule has 1 atom stereocenters. The van der Waals surface area contributed by atoms with Crippen LogP contribution in [0.3, 0.4) is 0 Å². The average molecular weight is 379 g/mol. The van der Waals surface area contributed by atoms with Crippen molar-refractivity contribution in [3.8, 4) is 0 Å². The van der Waals surface area contributed by atoms with Gasteiger partial charge in [-0.15, -0.1) is 5.10 Å². The zero-order valence-electron chi connectivity index (χ0n) is 15.7. The Hall–Kier alpha value is -3.00. The molecule has 1 aliphatic carbocycles. The fourth-order valence-electron chi connectivity index (χ4n) is 3.68. The van der Waals surface area contributed by atoms with E-state index in [9.17, 15) is 4.79 Å². The van der Waals surface area contributed by atoms with Gasteiger partial charge in [-0.1, -0.05) is 35.5 Å². The van der Waals surface area contributed by atoms with Gasteiger partial charge >= 0.3 is 0 Å². The van der Waals surface area contributed by atoms with Gasteiger partial charge in [0.1, 0.15) is 0 Å². The standard InChI is InChI=1S/C20H25N7O/c21-16-6-8-17(9-7-16)27-13-19(24-25-27)20(28)23-18(12-26-11-10-22-14-26)15-4-2-1-3-5-15/h1-5,10-11,13-14,16-18H,6-9,12,21H2,(H,23,28)/t16?,17?,18-/m0/s1. The van der Waals surface area contributed by atoms with Crippen molar-refractivity contribution in [1.82, 2.24) is 29.9 Å². The zero-order valence-corrected chi connectivity index (χ0v) is 15.7. The molecule has 1 amide bonds. The molecule has 0 aliphatic heterocycles. The van der Waals surface area contributed by atoms with Crippen LogP contribution in [0.25, 0.3) is 0 Å². The summed E-state index contributed by atoms with van der Waals surface area (Å²) in [5.74, 6) is -0.229. The van der Waals surface area contributed by atoms with Crippen molar-refractivity contribution in [2.24, 2.45) is 5.73 Å². The van der Waals surface area contributed by atoms with E-state index in [0.717, 1.165) is 31.2 Å². The minimum absolute atomic E-state index is 0.194. The van der Waals surface area contributed by atoms with Gasteiger partial charge in [0.15, 0.2) is 5.69 Å². The lowest BCUT2D eigenvalue weighted by Crippen LogP contribution is -2.31. The number of nitrogens with one attached hydrogen (secondary N) is 1. The first-order valence-corrected chi connectivity index (χ1v) is 9.68. The number of benzene rings is 1. The molecule has 4 rings (SSSR count). The fourth-order valence-corrected chi connectivity index (χ4v) is 3.68. The van der Waals surface area contributed by atoms with Crippen LogP contribution >= 0.6 is 0 Å². The van der Waals surface area contributed by atoms with Crippen LogP contribution in [0.2, 0.25) is 0 Å². The minimum atomic E-state index is -0.229. The molecule has 3 N–H and O–H groups in total. The van der Waals surface area contributed by atoms with Crippen LogP contribution in [0.15, 0.2) is 55.2 Å². The van der Waals surface area contributed by atoms with Gasteiger partial charge in [0.25, 0.3) is 5.91 Å². The highest BCUT2D eigenvalue weighted by Gasteiger charge is 2.23. The third-order valence-electron chi connectivity index (χ3n) is 5.32. The van der Waals surface area contributed by atoms with Gasteiger partial charge in [0.05, 0.1) is 24.6 Å². The number of nitrogens with two attached hydrogens (primary N) is 1. The quantitative estimate of drug-likeness (QED) is 0.682. The van der Waals surface area contributed by atoms with Crippen LogP contribution in [-0.4, -0.2) is 36.5 Å². The molecule has 146 valence electrons. The van der Waals surface area contributed by atoms with Crippen molar-refractivity contribution < 1.29 is 4.79 Å². The summed E-state index contributed by atoms with van der Waals surface area (Å²) in [5.41, 5.74) is 7.34. The molecule has 2 aromatic heterocycles. The largest absolute Gasteiger partial charge is 0.342 e. The van der Waals surface area contributed by atoms with E-state index in [1.165, 1.54) is 0 Å². The van der Waals surface area contributed by atoms with Gasteiger partial charge in [-0.05, 0) is 31.2 Å². The van der Waals surface area contributed by atoms with E-state index in [4.69, 9.17) is 5.73 Å². The molecule has 0 unspecified atom stereocenters. The summed E-state index contributed by atoms with van der Waals surface area (Å²) in [4.78, 5) is 16.9. The Labute approximate surface area is 163 Å². The van der Waals surface area contributed by atoms with Crippen LogP contribution in [0.4, 0.5) is 0 Å². The lowest BCUT2D eigenvalue weighted by atomic mass is 9.92. The monoisotopic (exact) mass is 379 g/mol. The van der Waals surface area contributed by atoms with Crippen LogP contribution < -0.4 is 11.1 Å². The van der Waals surface area contributed by atoms with Crippen LogP contribution in [0.5, 0.6) is 0 Å². The van der Waals surface area contributed by atoms with E-state index < -0.39 is 0 Å². The predicted octanol–water partition coefficient (Wildman–Crippen LogP) is 2.09. The smallest absolute Gasteiger partial charge is 0.274 e. The van der Waals surface area contributed by atoms with Crippen molar-refractivity contribution >= 4 is 5.91 Å². The van der Waals surface area contributed by atoms with E-state index in [1.54, 1.807) is 18.7 Å². The molecule has 28 heavy (non-hydrogen) atoms. The predicted molar refractivity (Wildman–Crippen MR) is 104 cm³/mol. The van der Waals surface area contributed by atoms with E-state index in [-0.39, 0.29) is 24.0 Å². The highest BCUT2D eigenvalue weighted by Crippen LogP contribution is 2.27. The fraction of sp³-hybridized carbons (Fsp3) is 0.400. The molecule has 1 aliphatic rings. The third kappa shape index (κ3) is 4.28. The third-order valence-corrected chi connectivity index (χ3v) is 5.32. The van der Waals surface area contributed by atoms with E-state index >= 15 is 0 Å². The summed E-state index contributed by atoms with van der Waals surface area (Å²) in [6.07, 6.45) is 11.0. The van der Waals surface area contributed by atoms with E-state index in [2.05, 4.69) is 20.6 Å². The molecular formula is C20H25N7O. The molecule has 0 spiro atoms. The Kier molecular flexibility index (Phi) is 5.48. The number of aromatic nitrogens is 5. The van der Waals surface area contributed by atoms with Gasteiger partial charge < -0.3 is 15.6 Å². The number of carbonyl (C=O) groups excluding carboxylic acids is 1. The van der Waals surface area contributed by atoms with Gasteiger partial charge in [0.2, 0.25) is 0 Å². The first-order chi connectivity index (χ1) is 13.7. The maximum Gasteiger partial charge on any atom is 0.274 e. The lowest BCUT2D eigenvalue weighted by molar-refractivity contribution is 0.0927.